The zero-order chi connectivity index (χ0) is 23.1. The maximum Gasteiger partial charge on any atom is 0.410 e. The van der Waals surface area contributed by atoms with Crippen molar-refractivity contribution in [2.24, 2.45) is 0 Å². The van der Waals surface area contributed by atoms with Crippen LogP contribution in [0.5, 0.6) is 5.75 Å². The van der Waals surface area contributed by atoms with Crippen molar-refractivity contribution in [3.63, 3.8) is 0 Å². The second kappa shape index (κ2) is 8.09. The SMILES string of the molecule is CCn1c(C(=O)O)c(O)c(=O)c2cc(F)c(N3CCN(C(=O)OC(C)(C)C)CC3)cc21. The van der Waals surface area contributed by atoms with E-state index in [4.69, 9.17) is 4.74 Å². The second-order valence-corrected chi connectivity index (χ2v) is 8.35. The van der Waals surface area contributed by atoms with E-state index >= 15 is 0 Å². The van der Waals surface area contributed by atoms with Crippen LogP contribution in [-0.4, -0.2) is 63.5 Å². The number of rotatable bonds is 3. The molecule has 1 aliphatic heterocycles. The summed E-state index contributed by atoms with van der Waals surface area (Å²) in [5.74, 6) is -3.03. The minimum Gasteiger partial charge on any atom is -0.502 e. The monoisotopic (exact) mass is 435 g/mol. The lowest BCUT2D eigenvalue weighted by molar-refractivity contribution is 0.0240. The van der Waals surface area contributed by atoms with Crippen LogP contribution < -0.4 is 10.3 Å². The summed E-state index contributed by atoms with van der Waals surface area (Å²) in [7, 11) is 0. The van der Waals surface area contributed by atoms with E-state index in [0.717, 1.165) is 6.07 Å². The highest BCUT2D eigenvalue weighted by Crippen LogP contribution is 2.29. The lowest BCUT2D eigenvalue weighted by Crippen LogP contribution is -2.50. The molecule has 1 fully saturated rings. The lowest BCUT2D eigenvalue weighted by Gasteiger charge is -2.37. The highest BCUT2D eigenvalue weighted by atomic mass is 19.1. The van der Waals surface area contributed by atoms with E-state index in [-0.39, 0.29) is 23.1 Å². The van der Waals surface area contributed by atoms with Gasteiger partial charge in [-0.15, -0.1) is 0 Å². The number of ether oxygens (including phenoxy) is 1. The number of nitrogens with zero attached hydrogens (tertiary/aromatic N) is 3. The smallest absolute Gasteiger partial charge is 0.410 e. The van der Waals surface area contributed by atoms with Crippen molar-refractivity contribution in [3.05, 3.63) is 33.9 Å². The van der Waals surface area contributed by atoms with Gasteiger partial charge in [-0.2, -0.15) is 0 Å². The number of aromatic carboxylic acids is 1. The number of pyridine rings is 1. The predicted octanol–water partition coefficient (Wildman–Crippen LogP) is 2.62. The molecule has 0 radical (unpaired) electrons. The van der Waals surface area contributed by atoms with Crippen LogP contribution in [0.1, 0.15) is 38.2 Å². The number of aromatic nitrogens is 1. The number of aromatic hydroxyl groups is 1. The van der Waals surface area contributed by atoms with E-state index in [1.165, 1.54) is 10.6 Å². The van der Waals surface area contributed by atoms with Gasteiger partial charge in [0.2, 0.25) is 5.43 Å². The van der Waals surface area contributed by atoms with E-state index in [1.807, 2.05) is 0 Å². The van der Waals surface area contributed by atoms with E-state index in [2.05, 4.69) is 0 Å². The van der Waals surface area contributed by atoms with Gasteiger partial charge in [0, 0.05) is 32.7 Å². The number of fused-ring (bicyclic) bond motifs is 1. The Kier molecular flexibility index (Phi) is 5.84. The molecule has 0 saturated carbocycles. The van der Waals surface area contributed by atoms with Crippen molar-refractivity contribution in [1.82, 2.24) is 9.47 Å². The molecule has 0 atom stereocenters. The molecule has 2 N–H and O–H groups in total. The summed E-state index contributed by atoms with van der Waals surface area (Å²) in [6, 6.07) is 2.44. The molecule has 168 valence electrons. The minimum atomic E-state index is -1.45. The van der Waals surface area contributed by atoms with Crippen LogP contribution in [0.3, 0.4) is 0 Å². The first kappa shape index (κ1) is 22.4. The van der Waals surface area contributed by atoms with Gasteiger partial charge in [0.1, 0.15) is 11.4 Å². The quantitative estimate of drug-likeness (QED) is 0.762. The van der Waals surface area contributed by atoms with E-state index < -0.39 is 40.4 Å². The van der Waals surface area contributed by atoms with Crippen molar-refractivity contribution in [2.75, 3.05) is 31.1 Å². The van der Waals surface area contributed by atoms with Gasteiger partial charge in [-0.3, -0.25) is 4.79 Å². The number of anilines is 1. The number of carboxylic acid groups (broad SMARTS) is 1. The predicted molar refractivity (Wildman–Crippen MR) is 112 cm³/mol. The molecule has 3 rings (SSSR count). The summed E-state index contributed by atoms with van der Waals surface area (Å²) in [5, 5.41) is 19.4. The highest BCUT2D eigenvalue weighted by Gasteiger charge is 2.28. The summed E-state index contributed by atoms with van der Waals surface area (Å²) < 4.78 is 21.5. The van der Waals surface area contributed by atoms with Gasteiger partial charge < -0.3 is 29.3 Å². The third kappa shape index (κ3) is 4.28. The number of benzene rings is 1. The molecule has 1 aliphatic rings. The summed E-state index contributed by atoms with van der Waals surface area (Å²) in [4.78, 5) is 39.5. The molecule has 0 aliphatic carbocycles. The van der Waals surface area contributed by atoms with Gasteiger partial charge in [0.25, 0.3) is 0 Å². The Morgan fingerprint density at radius 1 is 1.16 bits per heavy atom. The Morgan fingerprint density at radius 3 is 2.29 bits per heavy atom. The Balaban J connectivity index is 1.97. The third-order valence-corrected chi connectivity index (χ3v) is 5.10. The standard InChI is InChI=1S/C21H26FN3O6/c1-5-25-14-11-15(13(22)10-12(14)17(26)18(27)16(25)19(28)29)23-6-8-24(9-7-23)20(30)31-21(2,3)4/h10-11,27H,5-9H2,1-4H3,(H,28,29). The molecule has 2 heterocycles. The van der Waals surface area contributed by atoms with Crippen LogP contribution in [0, 0.1) is 5.82 Å². The molecular weight excluding hydrogens is 409 g/mol. The molecule has 31 heavy (non-hydrogen) atoms. The van der Waals surface area contributed by atoms with E-state index in [1.54, 1.807) is 37.5 Å². The summed E-state index contributed by atoms with van der Waals surface area (Å²) in [6.07, 6.45) is -0.437. The molecule has 1 amide bonds. The molecule has 1 saturated heterocycles. The zero-order valence-electron chi connectivity index (χ0n) is 17.9. The average Bonchev–Trinajstić information content (AvgIpc) is 2.69. The maximum absolute atomic E-state index is 14.9. The van der Waals surface area contributed by atoms with Crippen LogP contribution >= 0.6 is 0 Å². The van der Waals surface area contributed by atoms with Gasteiger partial charge in [0.15, 0.2) is 11.4 Å². The third-order valence-electron chi connectivity index (χ3n) is 5.10. The van der Waals surface area contributed by atoms with Crippen molar-refractivity contribution < 1.29 is 28.9 Å². The Labute approximate surface area is 178 Å². The van der Waals surface area contributed by atoms with E-state index in [9.17, 15) is 29.0 Å². The molecule has 2 aromatic rings. The number of halogens is 1. The van der Waals surface area contributed by atoms with Crippen LogP contribution in [0.2, 0.25) is 0 Å². The lowest BCUT2D eigenvalue weighted by atomic mass is 10.1. The van der Waals surface area contributed by atoms with Gasteiger partial charge in [-0.1, -0.05) is 0 Å². The summed E-state index contributed by atoms with van der Waals surface area (Å²) in [6.45, 7) is 8.48. The number of carbonyl (C=O) groups is 2. The van der Waals surface area contributed by atoms with Crippen LogP contribution in [0.25, 0.3) is 10.9 Å². The topological polar surface area (TPSA) is 112 Å². The van der Waals surface area contributed by atoms with Crippen molar-refractivity contribution in [3.8, 4) is 5.75 Å². The molecule has 0 spiro atoms. The van der Waals surface area contributed by atoms with Crippen LogP contribution in [0.4, 0.5) is 14.9 Å². The van der Waals surface area contributed by atoms with Crippen molar-refractivity contribution in [2.45, 2.75) is 39.8 Å². The van der Waals surface area contributed by atoms with Gasteiger partial charge in [-0.05, 0) is 39.8 Å². The first-order valence-electron chi connectivity index (χ1n) is 9.99. The van der Waals surface area contributed by atoms with Gasteiger partial charge in [-0.25, -0.2) is 14.0 Å². The number of hydrogen-bond acceptors (Lipinski definition) is 6. The van der Waals surface area contributed by atoms with Crippen molar-refractivity contribution in [1.29, 1.82) is 0 Å². The fraction of sp³-hybridized carbons (Fsp3) is 0.476. The first-order chi connectivity index (χ1) is 14.4. The van der Waals surface area contributed by atoms with Crippen LogP contribution in [0.15, 0.2) is 16.9 Å². The second-order valence-electron chi connectivity index (χ2n) is 8.35. The van der Waals surface area contributed by atoms with Gasteiger partial charge >= 0.3 is 12.1 Å². The Hall–Kier alpha value is -3.30. The fourth-order valence-corrected chi connectivity index (χ4v) is 3.68. The number of amides is 1. The number of aryl methyl sites for hydroxylation is 1. The molecule has 10 heteroatoms. The largest absolute Gasteiger partial charge is 0.502 e. The molecule has 1 aromatic heterocycles. The number of carboxylic acids is 1. The molecule has 0 unspecified atom stereocenters. The minimum absolute atomic E-state index is 0.0991. The number of carbonyl (C=O) groups excluding carboxylic acids is 1. The van der Waals surface area contributed by atoms with E-state index in [0.29, 0.717) is 26.2 Å². The Morgan fingerprint density at radius 2 is 1.77 bits per heavy atom. The highest BCUT2D eigenvalue weighted by molar-refractivity contribution is 5.94. The Bertz CT molecular complexity index is 1100. The fourth-order valence-electron chi connectivity index (χ4n) is 3.68. The first-order valence-corrected chi connectivity index (χ1v) is 9.99. The average molecular weight is 435 g/mol. The molecular formula is C21H26FN3O6. The molecule has 0 bridgehead atoms. The summed E-state index contributed by atoms with van der Waals surface area (Å²) in [5.41, 5.74) is -1.67. The maximum atomic E-state index is 14.9. The number of piperazine rings is 1. The molecule has 1 aromatic carbocycles. The normalized spacial score (nSPS) is 14.7. The summed E-state index contributed by atoms with van der Waals surface area (Å²) >= 11 is 0. The molecule has 9 nitrogen and oxygen atoms in total. The van der Waals surface area contributed by atoms with Gasteiger partial charge in [0.05, 0.1) is 16.6 Å². The van der Waals surface area contributed by atoms with Crippen molar-refractivity contribution >= 4 is 28.7 Å². The van der Waals surface area contributed by atoms with Crippen LogP contribution in [-0.2, 0) is 11.3 Å². The number of hydrogen-bond donors (Lipinski definition) is 2. The zero-order valence-corrected chi connectivity index (χ0v) is 17.9.